The highest BCUT2D eigenvalue weighted by Gasteiger charge is 2.41. The molecule has 0 saturated heterocycles. The summed E-state index contributed by atoms with van der Waals surface area (Å²) in [4.78, 5) is 23.9. The first-order valence-corrected chi connectivity index (χ1v) is 8.44. The minimum absolute atomic E-state index is 0.0705. The fourth-order valence-electron chi connectivity index (χ4n) is 3.70. The van der Waals surface area contributed by atoms with Gasteiger partial charge in [-0.15, -0.1) is 0 Å². The molecule has 0 aromatic carbocycles. The van der Waals surface area contributed by atoms with E-state index in [-0.39, 0.29) is 11.8 Å². The van der Waals surface area contributed by atoms with Crippen LogP contribution in [0.1, 0.15) is 65.2 Å². The van der Waals surface area contributed by atoms with E-state index in [2.05, 4.69) is 19.2 Å². The fourth-order valence-corrected chi connectivity index (χ4v) is 3.70. The summed E-state index contributed by atoms with van der Waals surface area (Å²) in [5.41, 5.74) is -0.732. The van der Waals surface area contributed by atoms with E-state index in [1.54, 1.807) is 0 Å². The Hall–Kier alpha value is -1.06. The van der Waals surface area contributed by atoms with E-state index in [1.165, 1.54) is 0 Å². The summed E-state index contributed by atoms with van der Waals surface area (Å²) in [6.45, 7) is 4.71. The second-order valence-corrected chi connectivity index (χ2v) is 7.44. The molecule has 0 heterocycles. The van der Waals surface area contributed by atoms with E-state index in [0.717, 1.165) is 44.4 Å². The van der Waals surface area contributed by atoms with Gasteiger partial charge in [0.1, 0.15) is 0 Å². The van der Waals surface area contributed by atoms with Gasteiger partial charge in [-0.3, -0.25) is 9.59 Å². The van der Waals surface area contributed by atoms with Crippen LogP contribution in [0.5, 0.6) is 0 Å². The smallest absolute Gasteiger partial charge is 0.311 e. The number of carbonyl (C=O) groups is 2. The maximum atomic E-state index is 12.3. The lowest BCUT2D eigenvalue weighted by atomic mass is 9.70. The van der Waals surface area contributed by atoms with Gasteiger partial charge in [-0.1, -0.05) is 13.8 Å². The number of carbonyl (C=O) groups excluding carboxylic acids is 1. The molecule has 2 rings (SSSR count). The summed E-state index contributed by atoms with van der Waals surface area (Å²) in [5.74, 6) is 0.745. The van der Waals surface area contributed by atoms with Crippen LogP contribution in [0.25, 0.3) is 0 Å². The zero-order valence-corrected chi connectivity index (χ0v) is 13.4. The van der Waals surface area contributed by atoms with Crippen molar-refractivity contribution in [2.24, 2.45) is 23.2 Å². The van der Waals surface area contributed by atoms with Crippen LogP contribution in [0.4, 0.5) is 0 Å². The molecule has 0 radical (unpaired) electrons. The summed E-state index contributed by atoms with van der Waals surface area (Å²) < 4.78 is 0. The number of amides is 1. The Balaban J connectivity index is 1.87. The second kappa shape index (κ2) is 6.80. The molecule has 0 unspecified atom stereocenters. The Morgan fingerprint density at radius 3 is 2.05 bits per heavy atom. The van der Waals surface area contributed by atoms with Gasteiger partial charge in [-0.2, -0.15) is 0 Å². The number of nitrogens with one attached hydrogen (secondary N) is 1. The van der Waals surface area contributed by atoms with E-state index in [9.17, 15) is 14.7 Å². The summed E-state index contributed by atoms with van der Waals surface area (Å²) in [5, 5.41) is 12.5. The number of rotatable bonds is 4. The van der Waals surface area contributed by atoms with Gasteiger partial charge in [0.15, 0.2) is 0 Å². The predicted molar refractivity (Wildman–Crippen MR) is 81.8 cm³/mol. The van der Waals surface area contributed by atoms with Crippen molar-refractivity contribution in [1.29, 1.82) is 0 Å². The Morgan fingerprint density at radius 1 is 1.00 bits per heavy atom. The molecule has 4 heteroatoms. The Bertz CT molecular complexity index is 377. The van der Waals surface area contributed by atoms with Gasteiger partial charge in [0, 0.05) is 12.5 Å². The van der Waals surface area contributed by atoms with Gasteiger partial charge in [-0.05, 0) is 63.2 Å². The van der Waals surface area contributed by atoms with Crippen molar-refractivity contribution in [2.45, 2.75) is 65.2 Å². The molecular weight excluding hydrogens is 266 g/mol. The van der Waals surface area contributed by atoms with Gasteiger partial charge < -0.3 is 10.4 Å². The molecule has 2 fully saturated rings. The zero-order valence-electron chi connectivity index (χ0n) is 13.4. The van der Waals surface area contributed by atoms with E-state index >= 15 is 0 Å². The predicted octanol–water partition coefficient (Wildman–Crippen LogP) is 3.21. The van der Waals surface area contributed by atoms with Crippen LogP contribution in [0, 0.1) is 23.2 Å². The molecule has 2 aliphatic rings. The third-order valence-electron chi connectivity index (χ3n) is 5.67. The number of carboxylic acids is 1. The molecule has 120 valence electrons. The first kappa shape index (κ1) is 16.3. The van der Waals surface area contributed by atoms with Gasteiger partial charge in [0.25, 0.3) is 0 Å². The lowest BCUT2D eigenvalue weighted by Crippen LogP contribution is -2.46. The van der Waals surface area contributed by atoms with Gasteiger partial charge in [0.05, 0.1) is 5.41 Å². The van der Waals surface area contributed by atoms with Crippen LogP contribution in [0.3, 0.4) is 0 Å². The normalized spacial score (nSPS) is 37.0. The number of hydrogen-bond donors (Lipinski definition) is 2. The van der Waals surface area contributed by atoms with Crippen LogP contribution in [0.2, 0.25) is 0 Å². The lowest BCUT2D eigenvalue weighted by Gasteiger charge is -2.36. The average molecular weight is 295 g/mol. The average Bonchev–Trinajstić information content (AvgIpc) is 2.47. The highest BCUT2D eigenvalue weighted by molar-refractivity contribution is 5.80. The summed E-state index contributed by atoms with van der Waals surface area (Å²) >= 11 is 0. The van der Waals surface area contributed by atoms with Crippen LogP contribution in [-0.4, -0.2) is 23.5 Å². The summed E-state index contributed by atoms with van der Waals surface area (Å²) in [6.07, 6.45) is 7.39. The molecule has 1 amide bonds. The topological polar surface area (TPSA) is 66.4 Å². The third kappa shape index (κ3) is 3.98. The second-order valence-electron chi connectivity index (χ2n) is 7.44. The van der Waals surface area contributed by atoms with Crippen molar-refractivity contribution in [3.05, 3.63) is 0 Å². The molecule has 0 aromatic heterocycles. The Labute approximate surface area is 127 Å². The van der Waals surface area contributed by atoms with Crippen molar-refractivity contribution >= 4 is 11.9 Å². The molecule has 0 spiro atoms. The van der Waals surface area contributed by atoms with Crippen LogP contribution in [0.15, 0.2) is 0 Å². The van der Waals surface area contributed by atoms with Crippen molar-refractivity contribution < 1.29 is 14.7 Å². The van der Waals surface area contributed by atoms with Crippen molar-refractivity contribution in [2.75, 3.05) is 6.54 Å². The maximum Gasteiger partial charge on any atom is 0.311 e. The molecule has 0 atom stereocenters. The molecular formula is C17H29NO3. The maximum absolute atomic E-state index is 12.3. The molecule has 0 bridgehead atoms. The van der Waals surface area contributed by atoms with Crippen LogP contribution >= 0.6 is 0 Å². The van der Waals surface area contributed by atoms with Gasteiger partial charge in [0.2, 0.25) is 5.91 Å². The first-order valence-electron chi connectivity index (χ1n) is 8.44. The summed E-state index contributed by atoms with van der Waals surface area (Å²) in [7, 11) is 0. The van der Waals surface area contributed by atoms with Crippen LogP contribution in [-0.2, 0) is 9.59 Å². The third-order valence-corrected chi connectivity index (χ3v) is 5.67. The highest BCUT2D eigenvalue weighted by atomic mass is 16.4. The van der Waals surface area contributed by atoms with E-state index in [4.69, 9.17) is 0 Å². The largest absolute Gasteiger partial charge is 0.481 e. The van der Waals surface area contributed by atoms with E-state index in [0.29, 0.717) is 25.3 Å². The van der Waals surface area contributed by atoms with Crippen molar-refractivity contribution in [3.63, 3.8) is 0 Å². The molecule has 2 N–H and O–H groups in total. The molecule has 21 heavy (non-hydrogen) atoms. The molecule has 4 nitrogen and oxygen atoms in total. The quantitative estimate of drug-likeness (QED) is 0.837. The minimum atomic E-state index is -0.744. The van der Waals surface area contributed by atoms with Crippen LogP contribution < -0.4 is 5.32 Å². The standard InChI is InChI=1S/C17H29NO3/c1-12-3-5-14(6-4-12)15(19)18-11-17(16(20)21)9-7-13(2)8-10-17/h12-14H,3-11H2,1-2H3,(H,18,19)(H,20,21). The monoisotopic (exact) mass is 295 g/mol. The molecule has 2 saturated carbocycles. The van der Waals surface area contributed by atoms with Gasteiger partial charge >= 0.3 is 5.97 Å². The number of carboxylic acid groups (broad SMARTS) is 1. The SMILES string of the molecule is CC1CCC(C(=O)NCC2(C(=O)O)CCC(C)CC2)CC1. The molecule has 0 aromatic rings. The minimum Gasteiger partial charge on any atom is -0.481 e. The fraction of sp³-hybridized carbons (Fsp3) is 0.882. The van der Waals surface area contributed by atoms with E-state index < -0.39 is 11.4 Å². The summed E-state index contributed by atoms with van der Waals surface area (Å²) in [6, 6.07) is 0. The lowest BCUT2D eigenvalue weighted by molar-refractivity contribution is -0.151. The molecule has 0 aliphatic heterocycles. The number of aliphatic carboxylic acids is 1. The number of hydrogen-bond acceptors (Lipinski definition) is 2. The highest BCUT2D eigenvalue weighted by Crippen LogP contribution is 2.39. The Morgan fingerprint density at radius 2 is 1.52 bits per heavy atom. The Kier molecular flexibility index (Phi) is 5.28. The first-order chi connectivity index (χ1) is 9.93. The van der Waals surface area contributed by atoms with Crippen molar-refractivity contribution in [1.82, 2.24) is 5.32 Å². The zero-order chi connectivity index (χ0) is 15.5. The molecule has 2 aliphatic carbocycles. The van der Waals surface area contributed by atoms with E-state index in [1.807, 2.05) is 0 Å². The van der Waals surface area contributed by atoms with Crippen molar-refractivity contribution in [3.8, 4) is 0 Å². The van der Waals surface area contributed by atoms with Gasteiger partial charge in [-0.25, -0.2) is 0 Å².